The summed E-state index contributed by atoms with van der Waals surface area (Å²) in [6.07, 6.45) is 2.52. The van der Waals surface area contributed by atoms with Crippen molar-refractivity contribution in [1.82, 2.24) is 14.1 Å². The first-order chi connectivity index (χ1) is 11.5. The lowest BCUT2D eigenvalue weighted by atomic mass is 10.2. The normalized spacial score (nSPS) is 12.5. The molecule has 2 heterocycles. The second kappa shape index (κ2) is 6.05. The van der Waals surface area contributed by atoms with Gasteiger partial charge in [0.25, 0.3) is 5.56 Å². The molecule has 1 atom stereocenters. The Balaban J connectivity index is 2.34. The Morgan fingerprint density at radius 3 is 2.71 bits per heavy atom. The third-order valence-corrected chi connectivity index (χ3v) is 4.18. The largest absolute Gasteiger partial charge is 0.394 e. The van der Waals surface area contributed by atoms with Crippen LogP contribution in [-0.4, -0.2) is 32.1 Å². The van der Waals surface area contributed by atoms with E-state index in [4.69, 9.17) is 0 Å². The summed E-state index contributed by atoms with van der Waals surface area (Å²) in [5.74, 6) is 0.660. The summed E-state index contributed by atoms with van der Waals surface area (Å²) in [6, 6.07) is 6.89. The molecule has 3 aromatic rings. The molecule has 3 rings (SSSR count). The number of imidazole rings is 1. The number of hydrogen-bond acceptors (Lipinski definition) is 4. The zero-order valence-corrected chi connectivity index (χ0v) is 13.9. The minimum absolute atomic E-state index is 0.0430. The minimum Gasteiger partial charge on any atom is -0.394 e. The highest BCUT2D eigenvalue weighted by molar-refractivity contribution is 5.87. The van der Waals surface area contributed by atoms with Crippen molar-refractivity contribution in [2.45, 2.75) is 19.9 Å². The van der Waals surface area contributed by atoms with Gasteiger partial charge in [0.2, 0.25) is 0 Å². The molecule has 24 heavy (non-hydrogen) atoms. The van der Waals surface area contributed by atoms with Crippen LogP contribution in [0.5, 0.6) is 0 Å². The average Bonchev–Trinajstić information content (AvgIpc) is 2.96. The van der Waals surface area contributed by atoms with Crippen molar-refractivity contribution in [1.29, 1.82) is 0 Å². The third-order valence-electron chi connectivity index (χ3n) is 4.18. The Morgan fingerprint density at radius 1 is 1.33 bits per heavy atom. The molecule has 0 unspecified atom stereocenters. The molecule has 0 radical (unpaired) electrons. The van der Waals surface area contributed by atoms with Crippen molar-refractivity contribution in [3.8, 4) is 11.4 Å². The molecule has 2 aromatic heterocycles. The van der Waals surface area contributed by atoms with Crippen LogP contribution in [0.3, 0.4) is 0 Å². The number of carbonyl (C=O) groups is 1. The highest BCUT2D eigenvalue weighted by atomic mass is 16.3. The van der Waals surface area contributed by atoms with Gasteiger partial charge >= 0.3 is 0 Å². The quantitative estimate of drug-likeness (QED) is 0.745. The van der Waals surface area contributed by atoms with E-state index in [-0.39, 0.29) is 18.2 Å². The van der Waals surface area contributed by atoms with Crippen LogP contribution in [0, 0.1) is 6.92 Å². The molecule has 0 aliphatic carbocycles. The summed E-state index contributed by atoms with van der Waals surface area (Å²) in [6.45, 7) is 3.62. The summed E-state index contributed by atoms with van der Waals surface area (Å²) >= 11 is 0. The summed E-state index contributed by atoms with van der Waals surface area (Å²) in [5, 5.41) is 9.63. The van der Waals surface area contributed by atoms with Crippen LogP contribution in [0.25, 0.3) is 22.4 Å². The van der Waals surface area contributed by atoms with Crippen LogP contribution >= 0.6 is 0 Å². The highest BCUT2D eigenvalue weighted by Gasteiger charge is 2.18. The molecule has 1 aromatic carbocycles. The monoisotopic (exact) mass is 325 g/mol. The van der Waals surface area contributed by atoms with Gasteiger partial charge in [-0.25, -0.2) is 4.98 Å². The molecule has 0 saturated carbocycles. The third kappa shape index (κ3) is 2.55. The number of aryl methyl sites for hydroxylation is 2. The summed E-state index contributed by atoms with van der Waals surface area (Å²) in [7, 11) is 1.70. The molecule has 0 bridgehead atoms. The maximum Gasteiger partial charge on any atom is 0.253 e. The van der Waals surface area contributed by atoms with Crippen LogP contribution < -0.4 is 5.56 Å². The Hall–Kier alpha value is -2.73. The van der Waals surface area contributed by atoms with Gasteiger partial charge in [0.1, 0.15) is 12.1 Å². The molecular formula is C18H19N3O3. The van der Waals surface area contributed by atoms with Gasteiger partial charge in [-0.1, -0.05) is 0 Å². The van der Waals surface area contributed by atoms with E-state index >= 15 is 0 Å². The first-order valence-electron chi connectivity index (χ1n) is 7.72. The van der Waals surface area contributed by atoms with Gasteiger partial charge in [-0.15, -0.1) is 0 Å². The van der Waals surface area contributed by atoms with Gasteiger partial charge in [0, 0.05) is 29.9 Å². The first kappa shape index (κ1) is 16.1. The van der Waals surface area contributed by atoms with Crippen molar-refractivity contribution in [2.24, 2.45) is 7.05 Å². The lowest BCUT2D eigenvalue weighted by Gasteiger charge is -2.16. The molecule has 1 N–H and O–H groups in total. The van der Waals surface area contributed by atoms with Gasteiger partial charge in [0.15, 0.2) is 0 Å². The minimum atomic E-state index is -0.190. The Morgan fingerprint density at radius 2 is 2.08 bits per heavy atom. The lowest BCUT2D eigenvalue weighted by Crippen LogP contribution is -2.19. The fourth-order valence-corrected chi connectivity index (χ4v) is 2.92. The van der Waals surface area contributed by atoms with Crippen LogP contribution in [-0.2, 0) is 7.05 Å². The predicted molar refractivity (Wildman–Crippen MR) is 92.3 cm³/mol. The molecule has 0 fully saturated rings. The fourth-order valence-electron chi connectivity index (χ4n) is 2.92. The average molecular weight is 325 g/mol. The van der Waals surface area contributed by atoms with Gasteiger partial charge in [-0.05, 0) is 38.1 Å². The number of aliphatic hydroxyl groups excluding tert-OH is 1. The highest BCUT2D eigenvalue weighted by Crippen LogP contribution is 2.28. The van der Waals surface area contributed by atoms with Crippen molar-refractivity contribution < 1.29 is 9.90 Å². The second-order valence-electron chi connectivity index (χ2n) is 6.03. The summed E-state index contributed by atoms with van der Waals surface area (Å²) in [4.78, 5) is 27.6. The number of aldehydes is 1. The van der Waals surface area contributed by atoms with Gasteiger partial charge in [0.05, 0.1) is 23.7 Å². The Kier molecular flexibility index (Phi) is 4.07. The number of carbonyl (C=O) groups excluding carboxylic acids is 1. The first-order valence-corrected chi connectivity index (χ1v) is 7.72. The van der Waals surface area contributed by atoms with Crippen molar-refractivity contribution in [3.63, 3.8) is 0 Å². The van der Waals surface area contributed by atoms with E-state index in [1.807, 2.05) is 17.6 Å². The van der Waals surface area contributed by atoms with Crippen molar-refractivity contribution in [3.05, 3.63) is 51.9 Å². The zero-order valence-electron chi connectivity index (χ0n) is 13.9. The summed E-state index contributed by atoms with van der Waals surface area (Å²) in [5.41, 5.74) is 3.43. The van der Waals surface area contributed by atoms with E-state index < -0.39 is 0 Å². The topological polar surface area (TPSA) is 77.1 Å². The summed E-state index contributed by atoms with van der Waals surface area (Å²) < 4.78 is 3.46. The molecule has 0 aliphatic rings. The van der Waals surface area contributed by atoms with Crippen LogP contribution in [0.15, 0.2) is 35.3 Å². The number of rotatable bonds is 4. The van der Waals surface area contributed by atoms with Crippen LogP contribution in [0.4, 0.5) is 0 Å². The number of hydrogen-bond donors (Lipinski definition) is 1. The molecule has 0 spiro atoms. The molecule has 6 nitrogen and oxygen atoms in total. The second-order valence-corrected chi connectivity index (χ2v) is 6.03. The van der Waals surface area contributed by atoms with Crippen LogP contribution in [0.2, 0.25) is 0 Å². The molecule has 0 aliphatic heterocycles. The van der Waals surface area contributed by atoms with E-state index in [2.05, 4.69) is 4.98 Å². The Labute approximate surface area is 139 Å². The van der Waals surface area contributed by atoms with Crippen LogP contribution in [0.1, 0.15) is 28.9 Å². The number of benzene rings is 1. The van der Waals surface area contributed by atoms with Crippen molar-refractivity contribution >= 4 is 17.3 Å². The van der Waals surface area contributed by atoms with Gasteiger partial charge < -0.3 is 14.2 Å². The maximum atomic E-state index is 11.9. The number of fused-ring (bicyclic) bond motifs is 1. The van der Waals surface area contributed by atoms with E-state index in [1.54, 1.807) is 38.4 Å². The smallest absolute Gasteiger partial charge is 0.253 e. The molecule has 6 heteroatoms. The lowest BCUT2D eigenvalue weighted by molar-refractivity contribution is 0.112. The van der Waals surface area contributed by atoms with Crippen molar-refractivity contribution in [2.75, 3.05) is 6.61 Å². The SMILES string of the molecule is Cc1cc(-c2nc3cc(C=O)ccc3n2[C@H](C)CO)cn(C)c1=O. The Bertz CT molecular complexity index is 959. The number of aliphatic hydroxyl groups is 1. The van der Waals surface area contributed by atoms with E-state index in [9.17, 15) is 14.7 Å². The molecule has 0 saturated heterocycles. The predicted octanol–water partition coefficient (Wildman–Crippen LogP) is 2.08. The van der Waals surface area contributed by atoms with E-state index in [1.165, 1.54) is 4.57 Å². The molecule has 124 valence electrons. The van der Waals surface area contributed by atoms with E-state index in [0.29, 0.717) is 22.5 Å². The number of nitrogens with zero attached hydrogens (tertiary/aromatic N) is 3. The number of pyridine rings is 1. The zero-order chi connectivity index (χ0) is 17.4. The maximum absolute atomic E-state index is 11.9. The molecular weight excluding hydrogens is 306 g/mol. The van der Waals surface area contributed by atoms with Gasteiger partial charge in [-0.2, -0.15) is 0 Å². The fraction of sp³-hybridized carbons (Fsp3) is 0.278. The van der Waals surface area contributed by atoms with Gasteiger partial charge in [-0.3, -0.25) is 9.59 Å². The standard InChI is InChI=1S/C18H19N3O3/c1-11-6-14(8-20(3)18(11)24)17-19-15-7-13(10-23)4-5-16(15)21(17)12(2)9-22/h4-8,10,12,22H,9H2,1-3H3/t12-/m1/s1. The molecule has 0 amide bonds. The van der Waals surface area contributed by atoms with E-state index in [0.717, 1.165) is 17.4 Å². The number of aromatic nitrogens is 3.